The molecule has 0 amide bonds. The Kier molecular flexibility index (Phi) is 5.71. The van der Waals surface area contributed by atoms with Crippen LogP contribution in [-0.2, 0) is 23.1 Å². The van der Waals surface area contributed by atoms with E-state index in [1.54, 1.807) is 12.2 Å². The van der Waals surface area contributed by atoms with Crippen molar-refractivity contribution in [2.75, 3.05) is 0 Å². The van der Waals surface area contributed by atoms with E-state index in [0.717, 1.165) is 18.4 Å². The van der Waals surface area contributed by atoms with Gasteiger partial charge < -0.3 is 10.3 Å². The van der Waals surface area contributed by atoms with E-state index in [-0.39, 0.29) is 4.99 Å². The van der Waals surface area contributed by atoms with E-state index in [9.17, 15) is 13.6 Å². The third-order valence-corrected chi connectivity index (χ3v) is 4.72. The fraction of sp³-hybridized carbons (Fsp3) is 0.353. The first-order valence-corrected chi connectivity index (χ1v) is 8.54. The van der Waals surface area contributed by atoms with Crippen LogP contribution < -0.4 is 5.06 Å². The van der Waals surface area contributed by atoms with Crippen molar-refractivity contribution in [1.29, 1.82) is 0 Å². The lowest BCUT2D eigenvalue weighted by Gasteiger charge is -2.21. The van der Waals surface area contributed by atoms with Crippen LogP contribution in [0.3, 0.4) is 0 Å². The highest BCUT2D eigenvalue weighted by Crippen LogP contribution is 2.15. The van der Waals surface area contributed by atoms with Crippen molar-refractivity contribution >= 4 is 15.3 Å². The summed E-state index contributed by atoms with van der Waals surface area (Å²) in [7, 11) is -2.50. The van der Waals surface area contributed by atoms with Gasteiger partial charge in [0, 0.05) is 12.0 Å². The summed E-state index contributed by atoms with van der Waals surface area (Å²) < 4.78 is 22.5. The Hall–Kier alpha value is -1.69. The van der Waals surface area contributed by atoms with E-state index >= 15 is 0 Å². The number of hydroxylamine groups is 2. The predicted octanol–water partition coefficient (Wildman–Crippen LogP) is 1.66. The third kappa shape index (κ3) is 4.16. The van der Waals surface area contributed by atoms with Crippen molar-refractivity contribution in [3.8, 4) is 0 Å². The van der Waals surface area contributed by atoms with Gasteiger partial charge in [-0.2, -0.15) is 8.42 Å². The molecule has 1 aliphatic rings. The van der Waals surface area contributed by atoms with Crippen molar-refractivity contribution in [3.05, 3.63) is 64.5 Å². The van der Waals surface area contributed by atoms with Crippen LogP contribution in [0, 0.1) is 11.1 Å². The lowest BCUT2D eigenvalue weighted by Crippen LogP contribution is -3.06. The molecule has 0 saturated heterocycles. The molecule has 4 nitrogen and oxygen atoms in total. The molecule has 2 rings (SSSR count). The molecular formula is C17H21NO3S. The number of rotatable bonds is 5. The molecule has 1 aromatic carbocycles. The first kappa shape index (κ1) is 16.7. The normalized spacial score (nSPS) is 19.0. The number of nitrogens with one attached hydrogen (secondary N) is 1. The Balaban J connectivity index is 2.15. The van der Waals surface area contributed by atoms with E-state index < -0.39 is 15.4 Å². The zero-order valence-corrected chi connectivity index (χ0v) is 13.7. The summed E-state index contributed by atoms with van der Waals surface area (Å²) in [6, 6.07) is 8.17. The Labute approximate surface area is 132 Å². The highest BCUT2D eigenvalue weighted by molar-refractivity contribution is 7.72. The Morgan fingerprint density at radius 1 is 1.18 bits per heavy atom. The second-order valence-corrected chi connectivity index (χ2v) is 6.57. The Morgan fingerprint density at radius 3 is 2.41 bits per heavy atom. The zero-order valence-electron chi connectivity index (χ0n) is 12.9. The average molecular weight is 319 g/mol. The molecule has 118 valence electrons. The van der Waals surface area contributed by atoms with Crippen molar-refractivity contribution in [2.45, 2.75) is 33.1 Å². The number of benzene rings is 1. The quantitative estimate of drug-likeness (QED) is 0.663. The van der Waals surface area contributed by atoms with Gasteiger partial charge in [0.15, 0.2) is 0 Å². The molecule has 0 saturated carbocycles. The lowest BCUT2D eigenvalue weighted by molar-refractivity contribution is -0.680. The lowest BCUT2D eigenvalue weighted by atomic mass is 9.96. The molecule has 0 bridgehead atoms. The van der Waals surface area contributed by atoms with E-state index in [1.165, 1.54) is 11.8 Å². The third-order valence-electron chi connectivity index (χ3n) is 3.93. The standard InChI is InChI=1S/C17H21NO3S/c1-3-13(2)11-14-6-8-15(9-7-14)12-16-5-4-10-18(19)17(16)22(20)21/h4-10,13,18H,3,11-12H2,1-2H3. The van der Waals surface area contributed by atoms with Crippen LogP contribution in [0.4, 0.5) is 0 Å². The summed E-state index contributed by atoms with van der Waals surface area (Å²) in [5.74, 6) is 0.650. The van der Waals surface area contributed by atoms with Crippen LogP contribution >= 0.6 is 0 Å². The summed E-state index contributed by atoms with van der Waals surface area (Å²) in [5, 5.41) is 11.2. The maximum Gasteiger partial charge on any atom is 0.277 e. The first-order chi connectivity index (χ1) is 10.5. The summed E-state index contributed by atoms with van der Waals surface area (Å²) in [6.07, 6.45) is 7.22. The monoisotopic (exact) mass is 319 g/mol. The van der Waals surface area contributed by atoms with E-state index in [2.05, 4.69) is 26.0 Å². The number of hydrogen-bond donors (Lipinski definition) is 1. The van der Waals surface area contributed by atoms with Crippen LogP contribution in [0.25, 0.3) is 0 Å². The van der Waals surface area contributed by atoms with Gasteiger partial charge in [-0.3, -0.25) is 0 Å². The summed E-state index contributed by atoms with van der Waals surface area (Å²) in [5.41, 5.74) is 2.84. The fourth-order valence-corrected chi connectivity index (χ4v) is 3.04. The van der Waals surface area contributed by atoms with Gasteiger partial charge in [-0.1, -0.05) is 44.5 Å². The predicted molar refractivity (Wildman–Crippen MR) is 88.8 cm³/mol. The van der Waals surface area contributed by atoms with Crippen LogP contribution in [-0.4, -0.2) is 13.4 Å². The molecule has 1 N–H and O–H groups in total. The zero-order chi connectivity index (χ0) is 16.1. The van der Waals surface area contributed by atoms with Crippen LogP contribution in [0.2, 0.25) is 0 Å². The smallest absolute Gasteiger partial charge is 0.277 e. The summed E-state index contributed by atoms with van der Waals surface area (Å²) in [6.45, 7) is 4.41. The van der Waals surface area contributed by atoms with Gasteiger partial charge in [0.1, 0.15) is 6.20 Å². The average Bonchev–Trinajstić information content (AvgIpc) is 2.48. The van der Waals surface area contributed by atoms with E-state index in [0.29, 0.717) is 17.9 Å². The van der Waals surface area contributed by atoms with Crippen LogP contribution in [0.5, 0.6) is 0 Å². The molecule has 0 fully saturated rings. The minimum atomic E-state index is -2.50. The molecule has 1 aliphatic heterocycles. The van der Waals surface area contributed by atoms with Crippen LogP contribution in [0.15, 0.2) is 48.2 Å². The molecule has 1 aromatic rings. The van der Waals surface area contributed by atoms with Crippen LogP contribution in [0.1, 0.15) is 31.4 Å². The molecule has 0 spiro atoms. The topological polar surface area (TPSA) is 61.6 Å². The minimum absolute atomic E-state index is 0.119. The SMILES string of the molecule is CCC(C)Cc1ccc(CC2=CC=C[NH+]([O-])C2=S(=O)=O)cc1. The van der Waals surface area contributed by atoms with Crippen molar-refractivity contribution in [2.24, 2.45) is 5.92 Å². The first-order valence-electron chi connectivity index (χ1n) is 7.47. The Bertz CT molecular complexity index is 707. The van der Waals surface area contributed by atoms with Gasteiger partial charge in [-0.05, 0) is 35.6 Å². The second-order valence-electron chi connectivity index (χ2n) is 5.69. The molecular weight excluding hydrogens is 298 g/mol. The number of hydrogen-bond acceptors (Lipinski definition) is 3. The van der Waals surface area contributed by atoms with Gasteiger partial charge in [-0.15, -0.1) is 0 Å². The molecule has 1 heterocycles. The van der Waals surface area contributed by atoms with E-state index in [4.69, 9.17) is 0 Å². The van der Waals surface area contributed by atoms with Crippen molar-refractivity contribution < 1.29 is 13.5 Å². The maximum atomic E-state index is 11.7. The van der Waals surface area contributed by atoms with Gasteiger partial charge in [0.05, 0.1) is 0 Å². The van der Waals surface area contributed by atoms with Crippen molar-refractivity contribution in [3.63, 3.8) is 0 Å². The molecule has 0 aliphatic carbocycles. The van der Waals surface area contributed by atoms with E-state index in [1.807, 2.05) is 12.1 Å². The molecule has 0 aromatic heterocycles. The van der Waals surface area contributed by atoms with Gasteiger partial charge >= 0.3 is 0 Å². The largest absolute Gasteiger partial charge is 0.623 e. The second kappa shape index (κ2) is 7.54. The minimum Gasteiger partial charge on any atom is -0.623 e. The summed E-state index contributed by atoms with van der Waals surface area (Å²) in [4.78, 5) is -0.119. The van der Waals surface area contributed by atoms with Gasteiger partial charge in [0.25, 0.3) is 15.3 Å². The number of quaternary nitrogens is 1. The molecule has 0 radical (unpaired) electrons. The Morgan fingerprint density at radius 2 is 1.82 bits per heavy atom. The fourth-order valence-electron chi connectivity index (χ4n) is 2.45. The highest BCUT2D eigenvalue weighted by Gasteiger charge is 2.19. The van der Waals surface area contributed by atoms with Gasteiger partial charge in [-0.25, -0.2) is 0 Å². The maximum absolute atomic E-state index is 11.7. The number of allylic oxidation sites excluding steroid dienone is 2. The summed E-state index contributed by atoms with van der Waals surface area (Å²) >= 11 is 0. The molecule has 5 heteroatoms. The molecule has 2 unspecified atom stereocenters. The van der Waals surface area contributed by atoms with Crippen molar-refractivity contribution in [1.82, 2.24) is 0 Å². The molecule has 2 atom stereocenters. The van der Waals surface area contributed by atoms with Gasteiger partial charge in [0.2, 0.25) is 0 Å². The highest BCUT2D eigenvalue weighted by atomic mass is 32.2. The molecule has 22 heavy (non-hydrogen) atoms.